The van der Waals surface area contributed by atoms with Crippen LogP contribution in [0.3, 0.4) is 0 Å². The minimum absolute atomic E-state index is 0.167. The molecule has 0 bridgehead atoms. The van der Waals surface area contributed by atoms with Crippen LogP contribution in [0, 0.1) is 0 Å². The van der Waals surface area contributed by atoms with Crippen LogP contribution in [0.5, 0.6) is 0 Å². The van der Waals surface area contributed by atoms with Crippen LogP contribution in [0.2, 0.25) is 5.02 Å². The second kappa shape index (κ2) is 6.77. The van der Waals surface area contributed by atoms with Gasteiger partial charge in [0, 0.05) is 15.2 Å². The van der Waals surface area contributed by atoms with Crippen molar-refractivity contribution in [1.29, 1.82) is 0 Å². The zero-order valence-corrected chi connectivity index (χ0v) is 15.4. The van der Waals surface area contributed by atoms with Gasteiger partial charge in [0.05, 0.1) is 5.69 Å². The number of halogens is 2. The van der Waals surface area contributed by atoms with E-state index in [0.717, 1.165) is 15.8 Å². The number of nitrogens with two attached hydrogens (primary N) is 1. The Morgan fingerprint density at radius 1 is 1.08 bits per heavy atom. The third-order valence-electron chi connectivity index (χ3n) is 3.48. The van der Waals surface area contributed by atoms with Gasteiger partial charge in [-0.25, -0.2) is 0 Å². The van der Waals surface area contributed by atoms with Crippen molar-refractivity contribution in [1.82, 2.24) is 25.2 Å². The number of nitrogens with zero attached hydrogens (tertiary/aromatic N) is 5. The van der Waals surface area contributed by atoms with Gasteiger partial charge in [-0.15, -0.1) is 10.2 Å². The van der Waals surface area contributed by atoms with E-state index in [2.05, 4.69) is 41.8 Å². The van der Waals surface area contributed by atoms with Crippen molar-refractivity contribution < 1.29 is 4.42 Å². The standard InChI is InChI=1S/C16H11BrClN7O/c17-9-2-1-3-11(8-9)20-16-23-22-15(26-16)13-14(19)25(24-21-13)12-6-4-10(18)5-7-12/h1-8H,19H2,(H,20,23). The highest BCUT2D eigenvalue weighted by molar-refractivity contribution is 9.10. The highest BCUT2D eigenvalue weighted by Gasteiger charge is 2.19. The first kappa shape index (κ1) is 16.6. The second-order valence-electron chi connectivity index (χ2n) is 5.26. The number of hydrogen-bond acceptors (Lipinski definition) is 7. The molecule has 0 aliphatic heterocycles. The van der Waals surface area contributed by atoms with Gasteiger partial charge < -0.3 is 15.5 Å². The van der Waals surface area contributed by atoms with Gasteiger partial charge >= 0.3 is 6.01 Å². The summed E-state index contributed by atoms with van der Waals surface area (Å²) in [5, 5.41) is 19.7. The summed E-state index contributed by atoms with van der Waals surface area (Å²) < 4.78 is 7.99. The summed E-state index contributed by atoms with van der Waals surface area (Å²) in [5.74, 6) is 0.449. The van der Waals surface area contributed by atoms with Gasteiger partial charge in [-0.3, -0.25) is 0 Å². The number of benzene rings is 2. The summed E-state index contributed by atoms with van der Waals surface area (Å²) in [5.41, 5.74) is 7.96. The Balaban J connectivity index is 1.61. The molecule has 2 aromatic heterocycles. The van der Waals surface area contributed by atoms with E-state index >= 15 is 0 Å². The maximum absolute atomic E-state index is 6.14. The Bertz CT molecular complexity index is 1060. The highest BCUT2D eigenvalue weighted by Crippen LogP contribution is 2.27. The van der Waals surface area contributed by atoms with Crippen molar-refractivity contribution >= 4 is 45.1 Å². The molecule has 0 atom stereocenters. The molecule has 26 heavy (non-hydrogen) atoms. The lowest BCUT2D eigenvalue weighted by atomic mass is 10.3. The minimum Gasteiger partial charge on any atom is -0.401 e. The smallest absolute Gasteiger partial charge is 0.320 e. The highest BCUT2D eigenvalue weighted by atomic mass is 79.9. The first-order valence-corrected chi connectivity index (χ1v) is 8.61. The Morgan fingerprint density at radius 3 is 2.65 bits per heavy atom. The average Bonchev–Trinajstić information content (AvgIpc) is 3.22. The largest absolute Gasteiger partial charge is 0.401 e. The summed E-state index contributed by atoms with van der Waals surface area (Å²) in [6, 6.07) is 14.8. The molecular weight excluding hydrogens is 422 g/mol. The van der Waals surface area contributed by atoms with Gasteiger partial charge in [-0.1, -0.05) is 43.9 Å². The monoisotopic (exact) mass is 431 g/mol. The quantitative estimate of drug-likeness (QED) is 0.500. The molecule has 4 rings (SSSR count). The fourth-order valence-electron chi connectivity index (χ4n) is 2.27. The zero-order chi connectivity index (χ0) is 18.1. The molecule has 10 heteroatoms. The lowest BCUT2D eigenvalue weighted by Crippen LogP contribution is -2.02. The summed E-state index contributed by atoms with van der Waals surface area (Å²) in [6.45, 7) is 0. The molecule has 0 aliphatic rings. The third kappa shape index (κ3) is 3.26. The lowest BCUT2D eigenvalue weighted by Gasteiger charge is -2.02. The molecule has 0 saturated carbocycles. The average molecular weight is 433 g/mol. The number of nitrogens with one attached hydrogen (secondary N) is 1. The number of rotatable bonds is 4. The van der Waals surface area contributed by atoms with Crippen molar-refractivity contribution in [2.45, 2.75) is 0 Å². The van der Waals surface area contributed by atoms with Crippen LogP contribution in [-0.2, 0) is 0 Å². The van der Waals surface area contributed by atoms with Gasteiger partial charge in [0.15, 0.2) is 11.5 Å². The van der Waals surface area contributed by atoms with E-state index < -0.39 is 0 Å². The predicted octanol–water partition coefficient (Wildman–Crippen LogP) is 4.06. The molecule has 0 radical (unpaired) electrons. The Hall–Kier alpha value is -2.91. The zero-order valence-electron chi connectivity index (χ0n) is 13.1. The van der Waals surface area contributed by atoms with Gasteiger partial charge in [0.25, 0.3) is 5.89 Å². The molecule has 0 amide bonds. The van der Waals surface area contributed by atoms with Gasteiger partial charge in [0.1, 0.15) is 0 Å². The normalized spacial score (nSPS) is 10.8. The predicted molar refractivity (Wildman–Crippen MR) is 101 cm³/mol. The van der Waals surface area contributed by atoms with Crippen molar-refractivity contribution in [3.05, 3.63) is 58.0 Å². The van der Waals surface area contributed by atoms with Crippen LogP contribution in [0.25, 0.3) is 17.3 Å². The molecule has 0 aliphatic carbocycles. The van der Waals surface area contributed by atoms with Crippen LogP contribution in [0.1, 0.15) is 0 Å². The Kier molecular flexibility index (Phi) is 4.31. The minimum atomic E-state index is 0.167. The van der Waals surface area contributed by atoms with E-state index in [9.17, 15) is 0 Å². The number of hydrogen-bond donors (Lipinski definition) is 2. The van der Waals surface area contributed by atoms with E-state index in [1.807, 2.05) is 24.3 Å². The second-order valence-corrected chi connectivity index (χ2v) is 6.61. The van der Waals surface area contributed by atoms with Crippen molar-refractivity contribution in [2.75, 3.05) is 11.1 Å². The maximum Gasteiger partial charge on any atom is 0.320 e. The summed E-state index contributed by atoms with van der Waals surface area (Å²) in [4.78, 5) is 0. The lowest BCUT2D eigenvalue weighted by molar-refractivity contribution is 0.585. The molecule has 2 aromatic carbocycles. The molecule has 0 saturated heterocycles. The number of anilines is 3. The first-order valence-electron chi connectivity index (χ1n) is 7.44. The van der Waals surface area contributed by atoms with Crippen LogP contribution in [0.4, 0.5) is 17.5 Å². The van der Waals surface area contributed by atoms with Gasteiger partial charge in [0.2, 0.25) is 0 Å². The van der Waals surface area contributed by atoms with E-state index in [-0.39, 0.29) is 17.7 Å². The molecule has 0 spiro atoms. The van der Waals surface area contributed by atoms with Gasteiger partial charge in [-0.05, 0) is 42.5 Å². The topological polar surface area (TPSA) is 108 Å². The molecule has 0 fully saturated rings. The van der Waals surface area contributed by atoms with Crippen LogP contribution < -0.4 is 11.1 Å². The first-order chi connectivity index (χ1) is 12.6. The van der Waals surface area contributed by atoms with E-state index in [1.54, 1.807) is 24.3 Å². The van der Waals surface area contributed by atoms with Gasteiger partial charge in [-0.2, -0.15) is 4.68 Å². The molecule has 0 unspecified atom stereocenters. The molecular formula is C16H11BrClN7O. The molecule has 8 nitrogen and oxygen atoms in total. The molecule has 3 N–H and O–H groups in total. The van der Waals surface area contributed by atoms with E-state index in [1.165, 1.54) is 4.68 Å². The fourth-order valence-corrected chi connectivity index (χ4v) is 2.80. The Labute approximate surface area is 161 Å². The van der Waals surface area contributed by atoms with Crippen LogP contribution in [-0.4, -0.2) is 25.2 Å². The maximum atomic E-state index is 6.14. The van der Waals surface area contributed by atoms with Crippen LogP contribution in [0.15, 0.2) is 57.4 Å². The SMILES string of the molecule is Nc1c(-c2nnc(Nc3cccc(Br)c3)o2)nnn1-c1ccc(Cl)cc1. The van der Waals surface area contributed by atoms with Crippen molar-refractivity contribution in [2.24, 2.45) is 0 Å². The van der Waals surface area contributed by atoms with Crippen molar-refractivity contribution in [3.8, 4) is 17.3 Å². The Morgan fingerprint density at radius 2 is 1.88 bits per heavy atom. The molecule has 130 valence electrons. The number of nitrogen functional groups attached to an aromatic ring is 1. The van der Waals surface area contributed by atoms with E-state index in [0.29, 0.717) is 10.7 Å². The fraction of sp³-hybridized carbons (Fsp3) is 0. The van der Waals surface area contributed by atoms with E-state index in [4.69, 9.17) is 21.8 Å². The molecule has 2 heterocycles. The summed E-state index contributed by atoms with van der Waals surface area (Å²) in [7, 11) is 0. The summed E-state index contributed by atoms with van der Waals surface area (Å²) >= 11 is 9.30. The van der Waals surface area contributed by atoms with Crippen LogP contribution >= 0.6 is 27.5 Å². The number of aromatic nitrogens is 5. The third-order valence-corrected chi connectivity index (χ3v) is 4.22. The summed E-state index contributed by atoms with van der Waals surface area (Å²) in [6.07, 6.45) is 0. The van der Waals surface area contributed by atoms with Crippen molar-refractivity contribution in [3.63, 3.8) is 0 Å². The molecule has 4 aromatic rings.